The van der Waals surface area contributed by atoms with E-state index in [0.717, 1.165) is 17.0 Å². The molecule has 0 amide bonds. The topological polar surface area (TPSA) is 70.9 Å². The third-order valence-electron chi connectivity index (χ3n) is 2.02. The van der Waals surface area contributed by atoms with Crippen LogP contribution in [0.25, 0.3) is 5.69 Å². The Morgan fingerprint density at radius 3 is 2.65 bits per heavy atom. The minimum atomic E-state index is -4.59. The monoisotopic (exact) mass is 245 g/mol. The lowest BCUT2D eigenvalue weighted by atomic mass is 10.3. The molecule has 2 aromatic heterocycles. The van der Waals surface area contributed by atoms with E-state index in [4.69, 9.17) is 5.11 Å². The highest BCUT2D eigenvalue weighted by Crippen LogP contribution is 2.28. The maximum Gasteiger partial charge on any atom is 0.433 e. The first-order valence-corrected chi connectivity index (χ1v) is 4.42. The predicted octanol–water partition coefficient (Wildman–Crippen LogP) is 1.29. The molecule has 0 saturated heterocycles. The number of aromatic nitrogens is 3. The van der Waals surface area contributed by atoms with Crippen molar-refractivity contribution in [3.8, 4) is 11.6 Å². The smallest absolute Gasteiger partial charge is 0.433 e. The number of aromatic hydroxyl groups is 1. The second-order valence-electron chi connectivity index (χ2n) is 3.21. The highest BCUT2D eigenvalue weighted by molar-refractivity contribution is 5.34. The first-order chi connectivity index (χ1) is 7.88. The van der Waals surface area contributed by atoms with Crippen molar-refractivity contribution < 1.29 is 18.3 Å². The number of hydrogen-bond donors (Lipinski definition) is 2. The van der Waals surface area contributed by atoms with E-state index < -0.39 is 23.4 Å². The van der Waals surface area contributed by atoms with E-state index >= 15 is 0 Å². The van der Waals surface area contributed by atoms with Gasteiger partial charge < -0.3 is 5.11 Å². The fraction of sp³-hybridized carbons (Fsp3) is 0.111. The van der Waals surface area contributed by atoms with Crippen LogP contribution in [0.2, 0.25) is 0 Å². The number of aromatic amines is 1. The van der Waals surface area contributed by atoms with E-state index in [2.05, 4.69) is 4.98 Å². The molecule has 0 aliphatic rings. The molecule has 2 rings (SSSR count). The van der Waals surface area contributed by atoms with Crippen LogP contribution < -0.4 is 5.69 Å². The van der Waals surface area contributed by atoms with Crippen molar-refractivity contribution in [2.45, 2.75) is 6.18 Å². The van der Waals surface area contributed by atoms with Crippen LogP contribution in [0, 0.1) is 0 Å². The van der Waals surface area contributed by atoms with Crippen molar-refractivity contribution in [1.82, 2.24) is 14.5 Å². The number of halogens is 3. The lowest BCUT2D eigenvalue weighted by Crippen LogP contribution is -2.15. The minimum Gasteiger partial charge on any atom is -0.493 e. The molecule has 5 nitrogen and oxygen atoms in total. The van der Waals surface area contributed by atoms with Crippen LogP contribution in [-0.4, -0.2) is 19.6 Å². The summed E-state index contributed by atoms with van der Waals surface area (Å²) in [6, 6.07) is 1.94. The summed E-state index contributed by atoms with van der Waals surface area (Å²) in [6.07, 6.45) is -2.66. The van der Waals surface area contributed by atoms with Gasteiger partial charge in [-0.25, -0.2) is 4.79 Å². The SMILES string of the molecule is O=c1[nH]c(O)cn1-c1ccnc(C(F)(F)F)c1. The summed E-state index contributed by atoms with van der Waals surface area (Å²) in [5.74, 6) is -0.430. The minimum absolute atomic E-state index is 0.0334. The number of nitrogens with zero attached hydrogens (tertiary/aromatic N) is 2. The Hall–Kier alpha value is -2.25. The average Bonchev–Trinajstić information content (AvgIpc) is 2.57. The third kappa shape index (κ3) is 2.14. The second kappa shape index (κ2) is 3.65. The molecule has 0 aromatic carbocycles. The fourth-order valence-corrected chi connectivity index (χ4v) is 1.30. The standard InChI is InChI=1S/C9H6F3N3O2/c10-9(11,12)6-3-5(1-2-13-6)15-4-7(16)14-8(15)17/h1-4,16H,(H,14,17). The third-order valence-corrected chi connectivity index (χ3v) is 2.02. The molecule has 2 N–H and O–H groups in total. The molecule has 2 heterocycles. The Kier molecular flexibility index (Phi) is 2.41. The van der Waals surface area contributed by atoms with Gasteiger partial charge in [-0.2, -0.15) is 13.2 Å². The molecule has 90 valence electrons. The number of pyridine rings is 1. The van der Waals surface area contributed by atoms with E-state index in [1.54, 1.807) is 0 Å². The van der Waals surface area contributed by atoms with Gasteiger partial charge in [0.05, 0.1) is 11.9 Å². The van der Waals surface area contributed by atoms with E-state index in [0.29, 0.717) is 6.07 Å². The number of H-pyrrole nitrogens is 1. The lowest BCUT2D eigenvalue weighted by molar-refractivity contribution is -0.141. The van der Waals surface area contributed by atoms with Gasteiger partial charge in [-0.1, -0.05) is 0 Å². The van der Waals surface area contributed by atoms with Gasteiger partial charge >= 0.3 is 11.9 Å². The van der Waals surface area contributed by atoms with Crippen molar-refractivity contribution in [2.24, 2.45) is 0 Å². The molecule has 0 aliphatic heterocycles. The lowest BCUT2D eigenvalue weighted by Gasteiger charge is -2.07. The van der Waals surface area contributed by atoms with E-state index in [-0.39, 0.29) is 5.69 Å². The molecular formula is C9H6F3N3O2. The van der Waals surface area contributed by atoms with E-state index in [1.165, 1.54) is 6.07 Å². The molecule has 0 fully saturated rings. The van der Waals surface area contributed by atoms with Gasteiger partial charge in [0.1, 0.15) is 5.69 Å². The number of hydrogen-bond acceptors (Lipinski definition) is 3. The second-order valence-corrected chi connectivity index (χ2v) is 3.21. The first-order valence-electron chi connectivity index (χ1n) is 4.42. The van der Waals surface area contributed by atoms with Gasteiger partial charge in [-0.15, -0.1) is 0 Å². The summed E-state index contributed by atoms with van der Waals surface area (Å²) >= 11 is 0. The van der Waals surface area contributed by atoms with Crippen LogP contribution in [0.1, 0.15) is 5.69 Å². The molecule has 0 saturated carbocycles. The number of nitrogens with one attached hydrogen (secondary N) is 1. The quantitative estimate of drug-likeness (QED) is 0.795. The highest BCUT2D eigenvalue weighted by Gasteiger charge is 2.32. The van der Waals surface area contributed by atoms with Crippen LogP contribution in [0.15, 0.2) is 29.3 Å². The predicted molar refractivity (Wildman–Crippen MR) is 50.9 cm³/mol. The summed E-state index contributed by atoms with van der Waals surface area (Å²) < 4.78 is 38.0. The highest BCUT2D eigenvalue weighted by atomic mass is 19.4. The van der Waals surface area contributed by atoms with Crippen molar-refractivity contribution in [2.75, 3.05) is 0 Å². The zero-order valence-electron chi connectivity index (χ0n) is 8.19. The molecule has 0 radical (unpaired) electrons. The molecular weight excluding hydrogens is 239 g/mol. The van der Waals surface area contributed by atoms with Crippen LogP contribution >= 0.6 is 0 Å². The van der Waals surface area contributed by atoms with Crippen molar-refractivity contribution in [3.63, 3.8) is 0 Å². The van der Waals surface area contributed by atoms with Crippen molar-refractivity contribution in [1.29, 1.82) is 0 Å². The maximum absolute atomic E-state index is 12.4. The van der Waals surface area contributed by atoms with E-state index in [1.807, 2.05) is 4.98 Å². The van der Waals surface area contributed by atoms with Crippen molar-refractivity contribution >= 4 is 0 Å². The summed E-state index contributed by atoms with van der Waals surface area (Å²) in [7, 11) is 0. The van der Waals surface area contributed by atoms with Crippen LogP contribution in [-0.2, 0) is 6.18 Å². The number of alkyl halides is 3. The molecule has 8 heteroatoms. The van der Waals surface area contributed by atoms with Crippen molar-refractivity contribution in [3.05, 3.63) is 40.7 Å². The maximum atomic E-state index is 12.4. The van der Waals surface area contributed by atoms with E-state index in [9.17, 15) is 18.0 Å². The van der Waals surface area contributed by atoms with Gasteiger partial charge in [0.15, 0.2) is 0 Å². The summed E-state index contributed by atoms with van der Waals surface area (Å²) in [5, 5.41) is 9.01. The number of imidazole rings is 1. The fourth-order valence-electron chi connectivity index (χ4n) is 1.30. The van der Waals surface area contributed by atoms with Gasteiger partial charge in [-0.05, 0) is 12.1 Å². The zero-order valence-corrected chi connectivity index (χ0v) is 8.19. The zero-order chi connectivity index (χ0) is 12.6. The summed E-state index contributed by atoms with van der Waals surface area (Å²) in [6.45, 7) is 0. The molecule has 0 bridgehead atoms. The van der Waals surface area contributed by atoms with Gasteiger partial charge in [0.25, 0.3) is 0 Å². The van der Waals surface area contributed by atoms with Gasteiger partial charge in [-0.3, -0.25) is 14.5 Å². The Morgan fingerprint density at radius 1 is 1.41 bits per heavy atom. The molecule has 17 heavy (non-hydrogen) atoms. The average molecular weight is 245 g/mol. The Balaban J connectivity index is 2.54. The molecule has 0 unspecified atom stereocenters. The largest absolute Gasteiger partial charge is 0.493 e. The number of rotatable bonds is 1. The van der Waals surface area contributed by atoms with Crippen LogP contribution in [0.3, 0.4) is 0 Å². The molecule has 0 atom stereocenters. The molecule has 0 spiro atoms. The van der Waals surface area contributed by atoms with Crippen LogP contribution in [0.4, 0.5) is 13.2 Å². The Labute approximate surface area is 92.2 Å². The first kappa shape index (κ1) is 11.2. The Morgan fingerprint density at radius 2 is 2.12 bits per heavy atom. The summed E-state index contributed by atoms with van der Waals surface area (Å²) in [4.78, 5) is 16.4. The molecule has 0 aliphatic carbocycles. The van der Waals surface area contributed by atoms with Gasteiger partial charge in [0, 0.05) is 6.20 Å². The summed E-state index contributed by atoms with van der Waals surface area (Å²) in [5.41, 5.74) is -1.88. The molecule has 2 aromatic rings. The Bertz CT molecular complexity index is 600. The van der Waals surface area contributed by atoms with Crippen LogP contribution in [0.5, 0.6) is 5.88 Å². The normalized spacial score (nSPS) is 11.7. The van der Waals surface area contributed by atoms with Gasteiger partial charge in [0.2, 0.25) is 5.88 Å².